The van der Waals surface area contributed by atoms with Crippen LogP contribution in [0.15, 0.2) is 36.8 Å². The molecule has 0 saturated carbocycles. The molecule has 0 amide bonds. The average Bonchev–Trinajstić information content (AvgIpc) is 2.30. The van der Waals surface area contributed by atoms with E-state index in [2.05, 4.69) is 9.97 Å². The minimum absolute atomic E-state index is 0.129. The Morgan fingerprint density at radius 2 is 1.94 bits per heavy atom. The molecule has 16 heavy (non-hydrogen) atoms. The fourth-order valence-electron chi connectivity index (χ4n) is 1.68. The third kappa shape index (κ3) is 2.09. The summed E-state index contributed by atoms with van der Waals surface area (Å²) in [5, 5.41) is 0. The van der Waals surface area contributed by atoms with Gasteiger partial charge in [-0.15, -0.1) is 0 Å². The van der Waals surface area contributed by atoms with Gasteiger partial charge in [0.25, 0.3) is 0 Å². The standard InChI is InChI=1S/C13H15N3/c1-9-7-15-6-5-12(9)13(14)11-4-3-10(2)16-8-11/h3-8,13H,14H2,1-2H3. The van der Waals surface area contributed by atoms with Crippen molar-refractivity contribution in [1.29, 1.82) is 0 Å². The van der Waals surface area contributed by atoms with Crippen molar-refractivity contribution in [2.45, 2.75) is 19.9 Å². The van der Waals surface area contributed by atoms with E-state index in [0.717, 1.165) is 22.4 Å². The van der Waals surface area contributed by atoms with Gasteiger partial charge >= 0.3 is 0 Å². The quantitative estimate of drug-likeness (QED) is 0.831. The SMILES string of the molecule is Cc1ccc(C(N)c2ccncc2C)cn1. The molecule has 2 heterocycles. The molecule has 0 saturated heterocycles. The highest BCUT2D eigenvalue weighted by atomic mass is 14.7. The van der Waals surface area contributed by atoms with E-state index in [1.807, 2.05) is 44.4 Å². The molecule has 0 aromatic carbocycles. The van der Waals surface area contributed by atoms with E-state index in [1.54, 1.807) is 6.20 Å². The fourth-order valence-corrected chi connectivity index (χ4v) is 1.68. The monoisotopic (exact) mass is 213 g/mol. The molecule has 0 aliphatic rings. The second-order valence-corrected chi connectivity index (χ2v) is 3.94. The molecule has 0 spiro atoms. The van der Waals surface area contributed by atoms with Crippen molar-refractivity contribution >= 4 is 0 Å². The van der Waals surface area contributed by atoms with Crippen LogP contribution in [0.2, 0.25) is 0 Å². The molecule has 2 aromatic heterocycles. The lowest BCUT2D eigenvalue weighted by molar-refractivity contribution is 0.847. The fraction of sp³-hybridized carbons (Fsp3) is 0.231. The minimum atomic E-state index is -0.129. The normalized spacial score (nSPS) is 12.4. The van der Waals surface area contributed by atoms with Crippen LogP contribution in [0.4, 0.5) is 0 Å². The first kappa shape index (κ1) is 10.8. The van der Waals surface area contributed by atoms with Crippen LogP contribution in [0.25, 0.3) is 0 Å². The maximum atomic E-state index is 6.20. The van der Waals surface area contributed by atoms with Gasteiger partial charge in [-0.2, -0.15) is 0 Å². The summed E-state index contributed by atoms with van der Waals surface area (Å²) in [5.74, 6) is 0. The number of pyridine rings is 2. The molecule has 82 valence electrons. The Bertz CT molecular complexity index is 477. The van der Waals surface area contributed by atoms with Crippen LogP contribution < -0.4 is 5.73 Å². The van der Waals surface area contributed by atoms with E-state index in [0.29, 0.717) is 0 Å². The van der Waals surface area contributed by atoms with Gasteiger partial charge in [-0.1, -0.05) is 6.07 Å². The largest absolute Gasteiger partial charge is 0.320 e. The molecule has 2 N–H and O–H groups in total. The van der Waals surface area contributed by atoms with Crippen molar-refractivity contribution in [3.05, 3.63) is 59.2 Å². The van der Waals surface area contributed by atoms with Crippen LogP contribution in [0.5, 0.6) is 0 Å². The Kier molecular flexibility index (Phi) is 2.97. The second-order valence-electron chi connectivity index (χ2n) is 3.94. The van der Waals surface area contributed by atoms with Crippen molar-refractivity contribution in [2.75, 3.05) is 0 Å². The zero-order valence-electron chi connectivity index (χ0n) is 9.51. The summed E-state index contributed by atoms with van der Waals surface area (Å²) >= 11 is 0. The first-order chi connectivity index (χ1) is 7.68. The van der Waals surface area contributed by atoms with Gasteiger partial charge in [0.15, 0.2) is 0 Å². The molecule has 0 radical (unpaired) electrons. The van der Waals surface area contributed by atoms with Crippen LogP contribution in [-0.2, 0) is 0 Å². The highest BCUT2D eigenvalue weighted by molar-refractivity contribution is 5.33. The molecule has 3 heteroatoms. The van der Waals surface area contributed by atoms with E-state index >= 15 is 0 Å². The Morgan fingerprint density at radius 1 is 1.12 bits per heavy atom. The molecule has 1 atom stereocenters. The highest BCUT2D eigenvalue weighted by Gasteiger charge is 2.11. The van der Waals surface area contributed by atoms with Gasteiger partial charge in [-0.05, 0) is 42.7 Å². The van der Waals surface area contributed by atoms with Crippen molar-refractivity contribution in [2.24, 2.45) is 5.73 Å². The molecule has 1 unspecified atom stereocenters. The Hall–Kier alpha value is -1.74. The predicted molar refractivity (Wildman–Crippen MR) is 64.0 cm³/mol. The number of rotatable bonds is 2. The van der Waals surface area contributed by atoms with E-state index in [-0.39, 0.29) is 6.04 Å². The van der Waals surface area contributed by atoms with Gasteiger partial charge in [0.2, 0.25) is 0 Å². The summed E-state index contributed by atoms with van der Waals surface area (Å²) in [5.41, 5.74) is 10.4. The number of hydrogen-bond acceptors (Lipinski definition) is 3. The zero-order chi connectivity index (χ0) is 11.5. The lowest BCUT2D eigenvalue weighted by Gasteiger charge is -2.14. The van der Waals surface area contributed by atoms with Gasteiger partial charge in [-0.3, -0.25) is 9.97 Å². The summed E-state index contributed by atoms with van der Waals surface area (Å²) < 4.78 is 0. The first-order valence-corrected chi connectivity index (χ1v) is 5.27. The van der Waals surface area contributed by atoms with Gasteiger partial charge in [0.05, 0.1) is 6.04 Å². The molecule has 2 rings (SSSR count). The molecule has 0 aliphatic carbocycles. The van der Waals surface area contributed by atoms with Crippen molar-refractivity contribution in [3.8, 4) is 0 Å². The Morgan fingerprint density at radius 3 is 2.56 bits per heavy atom. The first-order valence-electron chi connectivity index (χ1n) is 5.27. The second kappa shape index (κ2) is 4.41. The number of nitrogens with zero attached hydrogens (tertiary/aromatic N) is 2. The maximum absolute atomic E-state index is 6.20. The summed E-state index contributed by atoms with van der Waals surface area (Å²) in [6.07, 6.45) is 5.43. The molecule has 3 nitrogen and oxygen atoms in total. The maximum Gasteiger partial charge on any atom is 0.0570 e. The number of hydrogen-bond donors (Lipinski definition) is 1. The van der Waals surface area contributed by atoms with Crippen molar-refractivity contribution in [3.63, 3.8) is 0 Å². The Balaban J connectivity index is 2.35. The van der Waals surface area contributed by atoms with Gasteiger partial charge in [0.1, 0.15) is 0 Å². The lowest BCUT2D eigenvalue weighted by atomic mass is 9.98. The molecule has 0 fully saturated rings. The Labute approximate surface area is 95.4 Å². The van der Waals surface area contributed by atoms with Crippen LogP contribution in [-0.4, -0.2) is 9.97 Å². The predicted octanol–water partition coefficient (Wildman–Crippen LogP) is 2.14. The number of aromatic nitrogens is 2. The highest BCUT2D eigenvalue weighted by Crippen LogP contribution is 2.21. The summed E-state index contributed by atoms with van der Waals surface area (Å²) in [6, 6.07) is 5.83. The number of nitrogens with two attached hydrogens (primary N) is 1. The summed E-state index contributed by atoms with van der Waals surface area (Å²) in [6.45, 7) is 3.98. The third-order valence-corrected chi connectivity index (χ3v) is 2.69. The molecular weight excluding hydrogens is 198 g/mol. The molecule has 0 aliphatic heterocycles. The van der Waals surface area contributed by atoms with E-state index in [1.165, 1.54) is 0 Å². The van der Waals surface area contributed by atoms with E-state index in [4.69, 9.17) is 5.73 Å². The molecule has 0 bridgehead atoms. The third-order valence-electron chi connectivity index (χ3n) is 2.69. The minimum Gasteiger partial charge on any atom is -0.320 e. The van der Waals surface area contributed by atoms with Gasteiger partial charge < -0.3 is 5.73 Å². The topological polar surface area (TPSA) is 51.8 Å². The molecule has 2 aromatic rings. The average molecular weight is 213 g/mol. The summed E-state index contributed by atoms with van der Waals surface area (Å²) in [7, 11) is 0. The van der Waals surface area contributed by atoms with Crippen molar-refractivity contribution < 1.29 is 0 Å². The summed E-state index contributed by atoms with van der Waals surface area (Å²) in [4.78, 5) is 8.32. The van der Waals surface area contributed by atoms with Crippen molar-refractivity contribution in [1.82, 2.24) is 9.97 Å². The van der Waals surface area contributed by atoms with Gasteiger partial charge in [-0.25, -0.2) is 0 Å². The number of aryl methyl sites for hydroxylation is 2. The van der Waals surface area contributed by atoms with E-state index < -0.39 is 0 Å². The lowest BCUT2D eigenvalue weighted by Crippen LogP contribution is -2.13. The van der Waals surface area contributed by atoms with Crippen LogP contribution in [0, 0.1) is 13.8 Å². The van der Waals surface area contributed by atoms with Crippen LogP contribution in [0.3, 0.4) is 0 Å². The van der Waals surface area contributed by atoms with Crippen LogP contribution in [0.1, 0.15) is 28.4 Å². The smallest absolute Gasteiger partial charge is 0.0570 e. The molecular formula is C13H15N3. The van der Waals surface area contributed by atoms with E-state index in [9.17, 15) is 0 Å². The zero-order valence-corrected chi connectivity index (χ0v) is 9.51. The van der Waals surface area contributed by atoms with Crippen LogP contribution >= 0.6 is 0 Å². The van der Waals surface area contributed by atoms with Gasteiger partial charge in [0, 0.05) is 24.3 Å².